The molecule has 0 unspecified atom stereocenters. The van der Waals surface area contributed by atoms with Gasteiger partial charge < -0.3 is 4.74 Å². The van der Waals surface area contributed by atoms with E-state index in [1.54, 1.807) is 24.3 Å². The van der Waals surface area contributed by atoms with Gasteiger partial charge >= 0.3 is 0 Å². The highest BCUT2D eigenvalue weighted by molar-refractivity contribution is 6.10. The van der Waals surface area contributed by atoms with E-state index in [0.29, 0.717) is 17.9 Å². The molecule has 0 N–H and O–H groups in total. The lowest BCUT2D eigenvalue weighted by atomic mass is 10.0. The molecule has 0 atom stereocenters. The van der Waals surface area contributed by atoms with Crippen molar-refractivity contribution in [2.45, 2.75) is 13.3 Å². The van der Waals surface area contributed by atoms with E-state index in [0.717, 1.165) is 18.6 Å². The van der Waals surface area contributed by atoms with E-state index >= 15 is 0 Å². The predicted molar refractivity (Wildman–Crippen MR) is 72.0 cm³/mol. The topological polar surface area (TPSA) is 26.3 Å². The van der Waals surface area contributed by atoms with Crippen molar-refractivity contribution >= 4 is 5.78 Å². The van der Waals surface area contributed by atoms with Crippen LogP contribution in [-0.4, -0.2) is 12.4 Å². The highest BCUT2D eigenvalue weighted by Gasteiger charge is 2.16. The molecule has 0 fully saturated rings. The van der Waals surface area contributed by atoms with Gasteiger partial charge in [0.25, 0.3) is 0 Å². The van der Waals surface area contributed by atoms with E-state index in [2.05, 4.69) is 0 Å². The van der Waals surface area contributed by atoms with Crippen molar-refractivity contribution in [1.29, 1.82) is 0 Å². The summed E-state index contributed by atoms with van der Waals surface area (Å²) in [7, 11) is 0. The zero-order chi connectivity index (χ0) is 14.5. The number of halogens is 2. The van der Waals surface area contributed by atoms with Crippen molar-refractivity contribution in [3.05, 3.63) is 65.2 Å². The Balaban J connectivity index is 2.35. The molecule has 0 bridgehead atoms. The van der Waals surface area contributed by atoms with Gasteiger partial charge in [0.15, 0.2) is 17.4 Å². The molecule has 0 saturated carbocycles. The van der Waals surface area contributed by atoms with Crippen LogP contribution in [0, 0.1) is 11.6 Å². The molecule has 20 heavy (non-hydrogen) atoms. The van der Waals surface area contributed by atoms with Crippen LogP contribution in [0.4, 0.5) is 8.78 Å². The molecule has 0 radical (unpaired) electrons. The fourth-order valence-electron chi connectivity index (χ4n) is 1.78. The SMILES string of the molecule is CCCOc1ccccc1C(=O)c1ccc(F)c(F)c1. The largest absolute Gasteiger partial charge is 0.493 e. The summed E-state index contributed by atoms with van der Waals surface area (Å²) in [4.78, 5) is 12.3. The van der Waals surface area contributed by atoms with Crippen LogP contribution in [0.5, 0.6) is 5.75 Å². The van der Waals surface area contributed by atoms with E-state index in [4.69, 9.17) is 4.74 Å². The van der Waals surface area contributed by atoms with E-state index in [1.165, 1.54) is 6.07 Å². The Morgan fingerprint density at radius 3 is 2.55 bits per heavy atom. The molecule has 0 spiro atoms. The minimum atomic E-state index is -1.04. The van der Waals surface area contributed by atoms with Gasteiger partial charge in [-0.25, -0.2) is 8.78 Å². The van der Waals surface area contributed by atoms with Crippen molar-refractivity contribution in [2.24, 2.45) is 0 Å². The molecular formula is C16H14F2O2. The second-order valence-corrected chi connectivity index (χ2v) is 4.30. The summed E-state index contributed by atoms with van der Waals surface area (Å²) in [5, 5.41) is 0. The number of benzene rings is 2. The molecule has 0 amide bonds. The molecule has 2 nitrogen and oxygen atoms in total. The first-order valence-corrected chi connectivity index (χ1v) is 6.35. The lowest BCUT2D eigenvalue weighted by Gasteiger charge is -2.10. The molecule has 104 valence electrons. The maximum atomic E-state index is 13.2. The van der Waals surface area contributed by atoms with Gasteiger partial charge in [0, 0.05) is 5.56 Å². The quantitative estimate of drug-likeness (QED) is 0.772. The summed E-state index contributed by atoms with van der Waals surface area (Å²) < 4.78 is 31.6. The normalized spacial score (nSPS) is 10.3. The van der Waals surface area contributed by atoms with Gasteiger partial charge in [-0.05, 0) is 36.8 Å². The minimum Gasteiger partial charge on any atom is -0.493 e. The van der Waals surface area contributed by atoms with Crippen LogP contribution in [0.15, 0.2) is 42.5 Å². The number of carbonyl (C=O) groups is 1. The second-order valence-electron chi connectivity index (χ2n) is 4.30. The van der Waals surface area contributed by atoms with Crippen LogP contribution in [0.1, 0.15) is 29.3 Å². The Bertz CT molecular complexity index is 624. The van der Waals surface area contributed by atoms with Gasteiger partial charge in [0.2, 0.25) is 0 Å². The average molecular weight is 276 g/mol. The molecule has 2 aromatic carbocycles. The van der Waals surface area contributed by atoms with E-state index in [-0.39, 0.29) is 5.56 Å². The van der Waals surface area contributed by atoms with Crippen LogP contribution in [0.2, 0.25) is 0 Å². The van der Waals surface area contributed by atoms with Crippen molar-refractivity contribution in [3.63, 3.8) is 0 Å². The molecule has 0 aliphatic heterocycles. The molecular weight excluding hydrogens is 262 g/mol. The molecule has 0 aliphatic rings. The number of rotatable bonds is 5. The van der Waals surface area contributed by atoms with Gasteiger partial charge in [-0.15, -0.1) is 0 Å². The Morgan fingerprint density at radius 1 is 1.10 bits per heavy atom. The van der Waals surface area contributed by atoms with Crippen LogP contribution in [-0.2, 0) is 0 Å². The zero-order valence-corrected chi connectivity index (χ0v) is 11.0. The Morgan fingerprint density at radius 2 is 1.85 bits per heavy atom. The molecule has 0 heterocycles. The molecule has 2 rings (SSSR count). The number of hydrogen-bond acceptors (Lipinski definition) is 2. The summed E-state index contributed by atoms with van der Waals surface area (Å²) in [6.07, 6.45) is 0.813. The van der Waals surface area contributed by atoms with Crippen LogP contribution in [0.3, 0.4) is 0 Å². The maximum Gasteiger partial charge on any atom is 0.196 e. The standard InChI is InChI=1S/C16H14F2O2/c1-2-9-20-15-6-4-3-5-12(15)16(19)11-7-8-13(17)14(18)10-11/h3-8,10H,2,9H2,1H3. The molecule has 2 aromatic rings. The molecule has 4 heteroatoms. The summed E-state index contributed by atoms with van der Waals surface area (Å²) in [6.45, 7) is 2.45. The molecule has 0 aromatic heterocycles. The zero-order valence-electron chi connectivity index (χ0n) is 11.0. The van der Waals surface area contributed by atoms with Crippen LogP contribution < -0.4 is 4.74 Å². The van der Waals surface area contributed by atoms with Crippen molar-refractivity contribution in [1.82, 2.24) is 0 Å². The second kappa shape index (κ2) is 6.28. The third-order valence-corrected chi connectivity index (χ3v) is 2.78. The van der Waals surface area contributed by atoms with E-state index in [9.17, 15) is 13.6 Å². The summed E-state index contributed by atoms with van der Waals surface area (Å²) >= 11 is 0. The Labute approximate surface area is 116 Å². The van der Waals surface area contributed by atoms with Gasteiger partial charge in [0.1, 0.15) is 5.75 Å². The third-order valence-electron chi connectivity index (χ3n) is 2.78. The fourth-order valence-corrected chi connectivity index (χ4v) is 1.78. The van der Waals surface area contributed by atoms with Crippen LogP contribution >= 0.6 is 0 Å². The Hall–Kier alpha value is -2.23. The van der Waals surface area contributed by atoms with Crippen LogP contribution in [0.25, 0.3) is 0 Å². The first-order chi connectivity index (χ1) is 9.63. The third kappa shape index (κ3) is 3.02. The van der Waals surface area contributed by atoms with Gasteiger partial charge in [-0.1, -0.05) is 19.1 Å². The van der Waals surface area contributed by atoms with Gasteiger partial charge in [0.05, 0.1) is 12.2 Å². The van der Waals surface area contributed by atoms with Gasteiger partial charge in [-0.2, -0.15) is 0 Å². The molecule has 0 saturated heterocycles. The highest BCUT2D eigenvalue weighted by Crippen LogP contribution is 2.22. The summed E-state index contributed by atoms with van der Waals surface area (Å²) in [5.41, 5.74) is 0.434. The lowest BCUT2D eigenvalue weighted by molar-refractivity contribution is 0.103. The fraction of sp³-hybridized carbons (Fsp3) is 0.188. The van der Waals surface area contributed by atoms with Crippen molar-refractivity contribution in [2.75, 3.05) is 6.61 Å². The number of para-hydroxylation sites is 1. The number of ether oxygens (including phenoxy) is 1. The maximum absolute atomic E-state index is 13.2. The number of ketones is 1. The van der Waals surface area contributed by atoms with E-state index < -0.39 is 17.4 Å². The highest BCUT2D eigenvalue weighted by atomic mass is 19.2. The Kier molecular flexibility index (Phi) is 4.45. The summed E-state index contributed by atoms with van der Waals surface area (Å²) in [5.74, 6) is -1.96. The monoisotopic (exact) mass is 276 g/mol. The van der Waals surface area contributed by atoms with Crippen molar-refractivity contribution < 1.29 is 18.3 Å². The number of carbonyl (C=O) groups excluding carboxylic acids is 1. The van der Waals surface area contributed by atoms with Gasteiger partial charge in [-0.3, -0.25) is 4.79 Å². The molecule has 0 aliphatic carbocycles. The smallest absolute Gasteiger partial charge is 0.196 e. The van der Waals surface area contributed by atoms with E-state index in [1.807, 2.05) is 6.92 Å². The minimum absolute atomic E-state index is 0.0939. The summed E-state index contributed by atoms with van der Waals surface area (Å²) in [6, 6.07) is 9.85. The average Bonchev–Trinajstić information content (AvgIpc) is 2.47. The first kappa shape index (κ1) is 14.2. The first-order valence-electron chi connectivity index (χ1n) is 6.35. The predicted octanol–water partition coefficient (Wildman–Crippen LogP) is 3.98. The number of hydrogen-bond donors (Lipinski definition) is 0. The van der Waals surface area contributed by atoms with Crippen molar-refractivity contribution in [3.8, 4) is 5.75 Å². The lowest BCUT2D eigenvalue weighted by Crippen LogP contribution is -2.06.